The third-order valence-corrected chi connectivity index (χ3v) is 5.99. The van der Waals surface area contributed by atoms with Crippen LogP contribution in [-0.4, -0.2) is 39.8 Å². The van der Waals surface area contributed by atoms with Gasteiger partial charge in [0.15, 0.2) is 0 Å². The van der Waals surface area contributed by atoms with Crippen molar-refractivity contribution in [3.63, 3.8) is 0 Å². The summed E-state index contributed by atoms with van der Waals surface area (Å²) in [6.45, 7) is 1.84. The van der Waals surface area contributed by atoms with Crippen LogP contribution < -0.4 is 19.1 Å². The highest BCUT2D eigenvalue weighted by Gasteiger charge is 2.24. The summed E-state index contributed by atoms with van der Waals surface area (Å²) >= 11 is 0. The summed E-state index contributed by atoms with van der Waals surface area (Å²) < 4.78 is 37.2. The summed E-state index contributed by atoms with van der Waals surface area (Å²) in [6, 6.07) is 13.9. The summed E-state index contributed by atoms with van der Waals surface area (Å²) in [5, 5.41) is 2.75. The van der Waals surface area contributed by atoms with E-state index in [0.717, 1.165) is 29.2 Å². The second kappa shape index (κ2) is 9.84. The quantitative estimate of drug-likeness (QED) is 0.651. The minimum Gasteiger partial charge on any atom is -0.492 e. The van der Waals surface area contributed by atoms with Crippen LogP contribution in [0.2, 0.25) is 0 Å². The molecule has 8 heteroatoms. The first-order valence-corrected chi connectivity index (χ1v) is 12.0. The number of ether oxygens (including phenoxy) is 2. The minimum absolute atomic E-state index is 0.263. The summed E-state index contributed by atoms with van der Waals surface area (Å²) in [5.41, 5.74) is 0.905. The molecule has 0 spiro atoms. The monoisotopic (exact) mass is 432 g/mol. The van der Waals surface area contributed by atoms with Crippen LogP contribution in [0, 0.1) is 0 Å². The maximum Gasteiger partial charge on any atom is 0.245 e. The number of rotatable bonds is 9. The van der Waals surface area contributed by atoms with Gasteiger partial charge in [-0.3, -0.25) is 9.10 Å². The summed E-state index contributed by atoms with van der Waals surface area (Å²) in [7, 11) is -3.69. The first-order chi connectivity index (χ1) is 14.4. The molecule has 3 rings (SSSR count). The van der Waals surface area contributed by atoms with Gasteiger partial charge in [-0.2, -0.15) is 0 Å². The Labute approximate surface area is 178 Å². The van der Waals surface area contributed by atoms with Gasteiger partial charge in [-0.15, -0.1) is 0 Å². The zero-order chi connectivity index (χ0) is 21.6. The lowest BCUT2D eigenvalue weighted by atomic mass is 10.2. The molecule has 1 N–H and O–H groups in total. The summed E-state index contributed by atoms with van der Waals surface area (Å²) in [4.78, 5) is 12.6. The number of para-hydroxylation sites is 2. The molecule has 30 heavy (non-hydrogen) atoms. The van der Waals surface area contributed by atoms with Crippen molar-refractivity contribution in [1.29, 1.82) is 0 Å². The second-order valence-electron chi connectivity index (χ2n) is 7.27. The van der Waals surface area contributed by atoms with Crippen LogP contribution in [-0.2, 0) is 14.8 Å². The van der Waals surface area contributed by atoms with E-state index in [1.165, 1.54) is 12.8 Å². The van der Waals surface area contributed by atoms with E-state index in [0.29, 0.717) is 23.7 Å². The van der Waals surface area contributed by atoms with Crippen molar-refractivity contribution in [3.8, 4) is 11.5 Å². The lowest BCUT2D eigenvalue weighted by molar-refractivity contribution is -0.114. The zero-order valence-corrected chi connectivity index (χ0v) is 18.2. The van der Waals surface area contributed by atoms with Crippen molar-refractivity contribution < 1.29 is 22.7 Å². The number of amides is 1. The molecule has 1 aliphatic rings. The van der Waals surface area contributed by atoms with Gasteiger partial charge < -0.3 is 14.8 Å². The molecule has 0 bridgehead atoms. The second-order valence-corrected chi connectivity index (χ2v) is 9.17. The minimum atomic E-state index is -3.69. The van der Waals surface area contributed by atoms with E-state index in [1.807, 2.05) is 19.1 Å². The average Bonchev–Trinajstić information content (AvgIpc) is 3.21. The van der Waals surface area contributed by atoms with E-state index >= 15 is 0 Å². The average molecular weight is 433 g/mol. The Hall–Kier alpha value is -2.74. The van der Waals surface area contributed by atoms with Crippen molar-refractivity contribution in [1.82, 2.24) is 0 Å². The Morgan fingerprint density at radius 1 is 1.10 bits per heavy atom. The number of sulfonamides is 1. The van der Waals surface area contributed by atoms with Gasteiger partial charge in [0.1, 0.15) is 18.0 Å². The van der Waals surface area contributed by atoms with Gasteiger partial charge in [-0.25, -0.2) is 8.42 Å². The molecule has 162 valence electrons. The molecule has 1 amide bonds. The third kappa shape index (κ3) is 5.89. The van der Waals surface area contributed by atoms with Crippen LogP contribution in [0.15, 0.2) is 48.5 Å². The van der Waals surface area contributed by atoms with Crippen LogP contribution in [0.4, 0.5) is 11.4 Å². The lowest BCUT2D eigenvalue weighted by Gasteiger charge is -2.24. The fourth-order valence-electron chi connectivity index (χ4n) is 3.47. The SMILES string of the molecule is CCOc1ccccc1N(CC(=O)Nc1ccc(OC2CCCC2)cc1)S(C)(=O)=O. The highest BCUT2D eigenvalue weighted by atomic mass is 32.2. The molecule has 0 unspecified atom stereocenters. The molecule has 1 fully saturated rings. The van der Waals surface area contributed by atoms with E-state index in [2.05, 4.69) is 5.32 Å². The molecule has 2 aromatic rings. The van der Waals surface area contributed by atoms with E-state index in [1.54, 1.807) is 36.4 Å². The van der Waals surface area contributed by atoms with Gasteiger partial charge in [-0.1, -0.05) is 12.1 Å². The maximum absolute atomic E-state index is 12.6. The number of benzene rings is 2. The molecular formula is C22H28N2O5S. The molecule has 1 saturated carbocycles. The van der Waals surface area contributed by atoms with Gasteiger partial charge in [0, 0.05) is 5.69 Å². The van der Waals surface area contributed by atoms with Gasteiger partial charge in [-0.05, 0) is 69.0 Å². The number of hydrogen-bond acceptors (Lipinski definition) is 5. The lowest BCUT2D eigenvalue weighted by Crippen LogP contribution is -2.37. The Kier molecular flexibility index (Phi) is 7.20. The molecule has 1 aliphatic carbocycles. The Balaban J connectivity index is 1.68. The Morgan fingerprint density at radius 3 is 2.40 bits per heavy atom. The molecule has 2 aromatic carbocycles. The van der Waals surface area contributed by atoms with Crippen molar-refractivity contribution in [3.05, 3.63) is 48.5 Å². The summed E-state index contributed by atoms with van der Waals surface area (Å²) in [6.07, 6.45) is 5.87. The van der Waals surface area contributed by atoms with Crippen LogP contribution in [0.25, 0.3) is 0 Å². The number of carbonyl (C=O) groups excluding carboxylic acids is 1. The first kappa shape index (κ1) is 22.0. The number of anilines is 2. The third-order valence-electron chi connectivity index (χ3n) is 4.86. The van der Waals surface area contributed by atoms with Gasteiger partial charge in [0.25, 0.3) is 0 Å². The van der Waals surface area contributed by atoms with Crippen LogP contribution in [0.3, 0.4) is 0 Å². The van der Waals surface area contributed by atoms with Gasteiger partial charge in [0.2, 0.25) is 15.9 Å². The molecule has 0 heterocycles. The standard InChI is InChI=1S/C22H28N2O5S/c1-3-28-21-11-7-6-10-20(21)24(30(2,26)27)16-22(25)23-17-12-14-19(15-13-17)29-18-8-4-5-9-18/h6-7,10-15,18H,3-5,8-9,16H2,1-2H3,(H,23,25). The van der Waals surface area contributed by atoms with E-state index < -0.39 is 15.9 Å². The molecule has 0 radical (unpaired) electrons. The van der Waals surface area contributed by atoms with E-state index in [9.17, 15) is 13.2 Å². The van der Waals surface area contributed by atoms with Crippen molar-refractivity contribution in [2.75, 3.05) is 29.0 Å². The zero-order valence-electron chi connectivity index (χ0n) is 17.3. The van der Waals surface area contributed by atoms with Crippen molar-refractivity contribution in [2.24, 2.45) is 0 Å². The Morgan fingerprint density at radius 2 is 1.77 bits per heavy atom. The maximum atomic E-state index is 12.6. The first-order valence-electron chi connectivity index (χ1n) is 10.1. The molecular weight excluding hydrogens is 404 g/mol. The fourth-order valence-corrected chi connectivity index (χ4v) is 4.33. The van der Waals surface area contributed by atoms with E-state index in [4.69, 9.17) is 9.47 Å². The molecule has 0 aliphatic heterocycles. The topological polar surface area (TPSA) is 84.9 Å². The van der Waals surface area contributed by atoms with Crippen molar-refractivity contribution >= 4 is 27.3 Å². The highest BCUT2D eigenvalue weighted by Crippen LogP contribution is 2.30. The predicted molar refractivity (Wildman–Crippen MR) is 118 cm³/mol. The van der Waals surface area contributed by atoms with Gasteiger partial charge >= 0.3 is 0 Å². The smallest absolute Gasteiger partial charge is 0.245 e. The highest BCUT2D eigenvalue weighted by molar-refractivity contribution is 7.92. The van der Waals surface area contributed by atoms with Gasteiger partial charge in [0.05, 0.1) is 24.7 Å². The van der Waals surface area contributed by atoms with Crippen LogP contribution >= 0.6 is 0 Å². The number of nitrogens with zero attached hydrogens (tertiary/aromatic N) is 1. The number of hydrogen-bond donors (Lipinski definition) is 1. The molecule has 0 saturated heterocycles. The fraction of sp³-hybridized carbons (Fsp3) is 0.409. The van der Waals surface area contributed by atoms with Crippen molar-refractivity contribution in [2.45, 2.75) is 38.7 Å². The summed E-state index contributed by atoms with van der Waals surface area (Å²) in [5.74, 6) is 0.728. The predicted octanol–water partition coefficient (Wildman–Crippen LogP) is 3.81. The largest absolute Gasteiger partial charge is 0.492 e. The van der Waals surface area contributed by atoms with Crippen LogP contribution in [0.5, 0.6) is 11.5 Å². The van der Waals surface area contributed by atoms with E-state index in [-0.39, 0.29) is 12.6 Å². The molecule has 0 aromatic heterocycles. The normalized spacial score (nSPS) is 14.3. The molecule has 0 atom stereocenters. The Bertz CT molecular complexity index is 954. The molecule has 7 nitrogen and oxygen atoms in total. The number of carbonyl (C=O) groups is 1. The number of nitrogens with one attached hydrogen (secondary N) is 1. The van der Waals surface area contributed by atoms with Crippen LogP contribution in [0.1, 0.15) is 32.6 Å².